The van der Waals surface area contributed by atoms with E-state index >= 15 is 0 Å². The van der Waals surface area contributed by atoms with Crippen LogP contribution >= 0.6 is 0 Å². The van der Waals surface area contributed by atoms with E-state index in [9.17, 15) is 10.1 Å². The third-order valence-corrected chi connectivity index (χ3v) is 7.80. The van der Waals surface area contributed by atoms with E-state index in [1.54, 1.807) is 23.5 Å². The van der Waals surface area contributed by atoms with Gasteiger partial charge < -0.3 is 24.8 Å². The van der Waals surface area contributed by atoms with Crippen molar-refractivity contribution in [2.24, 2.45) is 0 Å². The quantitative estimate of drug-likeness (QED) is 0.267. The number of pyridine rings is 1. The number of ether oxygens (including phenoxy) is 3. The van der Waals surface area contributed by atoms with Gasteiger partial charge in [-0.05, 0) is 43.4 Å². The minimum Gasteiger partial charge on any atom is -0.468 e. The van der Waals surface area contributed by atoms with E-state index in [2.05, 4.69) is 36.6 Å². The second-order valence-corrected chi connectivity index (χ2v) is 10.8. The second kappa shape index (κ2) is 14.0. The average Bonchev–Trinajstić information content (AvgIpc) is 3.07. The summed E-state index contributed by atoms with van der Waals surface area (Å²) in [7, 11) is 1.52. The molecule has 2 aliphatic rings. The number of urea groups is 1. The van der Waals surface area contributed by atoms with Crippen molar-refractivity contribution in [1.82, 2.24) is 30.2 Å². The van der Waals surface area contributed by atoms with Crippen LogP contribution in [0.1, 0.15) is 36.8 Å². The highest BCUT2D eigenvalue weighted by Gasteiger charge is 2.31. The van der Waals surface area contributed by atoms with E-state index in [-0.39, 0.29) is 41.7 Å². The van der Waals surface area contributed by atoms with Gasteiger partial charge in [0.15, 0.2) is 0 Å². The number of nitrogens with zero attached hydrogens (tertiary/aromatic N) is 7. The standard InChI is InChI=1S/C32H33N9O4/c1-43-31-36-17-24(18-37-31)22-7-12-28(34-15-22)41(32(42)38-14-21-5-3-2-4-6-21)26-10-8-25(9-11-26)39-30-35-16-23(13-33)29(40-30)45-27-19-44-20-27/h2-7,12,15-18,25-27H,8-11,14,19-20H2,1H3,(H,38,42)(H,35,39,40)/t25-,26-. The zero-order valence-electron chi connectivity index (χ0n) is 24.8. The molecule has 0 unspecified atom stereocenters. The number of benzene rings is 1. The first-order chi connectivity index (χ1) is 22.1. The lowest BCUT2D eigenvalue weighted by molar-refractivity contribution is -0.0814. The third-order valence-electron chi connectivity index (χ3n) is 7.80. The van der Waals surface area contributed by atoms with Gasteiger partial charge in [-0.3, -0.25) is 4.90 Å². The maximum absolute atomic E-state index is 13.7. The fourth-order valence-electron chi connectivity index (χ4n) is 5.29. The molecule has 45 heavy (non-hydrogen) atoms. The molecule has 1 saturated heterocycles. The Morgan fingerprint density at radius 1 is 0.978 bits per heavy atom. The van der Waals surface area contributed by atoms with Gasteiger partial charge >= 0.3 is 12.0 Å². The normalized spacial score (nSPS) is 17.8. The number of hydrogen-bond acceptors (Lipinski definition) is 11. The molecule has 230 valence electrons. The third kappa shape index (κ3) is 7.25. The van der Waals surface area contributed by atoms with Crippen LogP contribution in [-0.4, -0.2) is 69.5 Å². The first kappa shape index (κ1) is 29.7. The van der Waals surface area contributed by atoms with Crippen molar-refractivity contribution in [2.75, 3.05) is 30.5 Å². The molecule has 13 heteroatoms. The molecule has 1 saturated carbocycles. The molecule has 2 fully saturated rings. The number of aromatic nitrogens is 5. The number of methoxy groups -OCH3 is 1. The van der Waals surface area contributed by atoms with Crippen molar-refractivity contribution >= 4 is 17.8 Å². The van der Waals surface area contributed by atoms with Crippen LogP contribution in [0.25, 0.3) is 11.1 Å². The number of carbonyl (C=O) groups is 1. The van der Waals surface area contributed by atoms with Crippen LogP contribution in [0.4, 0.5) is 16.6 Å². The fraction of sp³-hybridized carbons (Fsp3) is 0.344. The van der Waals surface area contributed by atoms with Gasteiger partial charge in [0.25, 0.3) is 0 Å². The molecule has 4 aromatic rings. The topological polar surface area (TPSA) is 160 Å². The molecule has 1 aliphatic heterocycles. The summed E-state index contributed by atoms with van der Waals surface area (Å²) in [6.07, 6.45) is 9.49. The lowest BCUT2D eigenvalue weighted by Crippen LogP contribution is -2.49. The van der Waals surface area contributed by atoms with Crippen molar-refractivity contribution in [3.8, 4) is 29.1 Å². The largest absolute Gasteiger partial charge is 0.468 e. The van der Waals surface area contributed by atoms with Crippen LogP contribution in [0.2, 0.25) is 0 Å². The number of hydrogen-bond donors (Lipinski definition) is 2. The van der Waals surface area contributed by atoms with E-state index in [0.29, 0.717) is 31.5 Å². The van der Waals surface area contributed by atoms with E-state index in [0.717, 1.165) is 42.4 Å². The van der Waals surface area contributed by atoms with Crippen LogP contribution < -0.4 is 25.0 Å². The SMILES string of the molecule is COc1ncc(-c2ccc(N(C(=O)NCc3ccccc3)[C@H]3CC[C@H](Nc4ncc(C#N)c(OC5COC5)n4)CC3)nc2)cn1. The average molecular weight is 608 g/mol. The first-order valence-corrected chi connectivity index (χ1v) is 14.8. The molecule has 1 aliphatic carbocycles. The van der Waals surface area contributed by atoms with Crippen LogP contribution in [0, 0.1) is 11.3 Å². The smallest absolute Gasteiger partial charge is 0.323 e. The number of amides is 2. The van der Waals surface area contributed by atoms with Crippen LogP contribution in [0.5, 0.6) is 11.9 Å². The summed E-state index contributed by atoms with van der Waals surface area (Å²) in [4.78, 5) is 37.3. The Morgan fingerprint density at radius 3 is 2.38 bits per heavy atom. The summed E-state index contributed by atoms with van der Waals surface area (Å²) in [6.45, 7) is 1.36. The number of nitriles is 1. The highest BCUT2D eigenvalue weighted by atomic mass is 16.6. The minimum atomic E-state index is -0.208. The lowest BCUT2D eigenvalue weighted by atomic mass is 9.90. The zero-order chi connectivity index (χ0) is 31.0. The number of rotatable bonds is 10. The van der Waals surface area contributed by atoms with E-state index in [1.807, 2.05) is 42.5 Å². The molecule has 1 aromatic carbocycles. The van der Waals surface area contributed by atoms with Gasteiger partial charge in [0.2, 0.25) is 11.8 Å². The molecule has 3 aromatic heterocycles. The van der Waals surface area contributed by atoms with Gasteiger partial charge in [0.05, 0.1) is 26.5 Å². The molecule has 2 amide bonds. The van der Waals surface area contributed by atoms with Gasteiger partial charge in [-0.1, -0.05) is 30.3 Å². The molecule has 4 heterocycles. The van der Waals surface area contributed by atoms with E-state index < -0.39 is 0 Å². The Balaban J connectivity index is 1.15. The predicted octanol–water partition coefficient (Wildman–Crippen LogP) is 4.13. The highest BCUT2D eigenvalue weighted by molar-refractivity contribution is 5.91. The van der Waals surface area contributed by atoms with Crippen LogP contribution in [0.15, 0.2) is 67.3 Å². The molecule has 0 radical (unpaired) electrons. The predicted molar refractivity (Wildman–Crippen MR) is 165 cm³/mol. The Labute approximate surface area is 260 Å². The minimum absolute atomic E-state index is 0.0686. The molecule has 0 atom stereocenters. The summed E-state index contributed by atoms with van der Waals surface area (Å²) < 4.78 is 16.0. The summed E-state index contributed by atoms with van der Waals surface area (Å²) in [5.41, 5.74) is 2.92. The van der Waals surface area contributed by atoms with Crippen molar-refractivity contribution in [2.45, 2.75) is 50.4 Å². The van der Waals surface area contributed by atoms with Crippen LogP contribution in [0.3, 0.4) is 0 Å². The van der Waals surface area contributed by atoms with Gasteiger partial charge in [-0.25, -0.2) is 24.7 Å². The maximum atomic E-state index is 13.7. The summed E-state index contributed by atoms with van der Waals surface area (Å²) in [5.74, 6) is 1.23. The van der Waals surface area contributed by atoms with Crippen molar-refractivity contribution < 1.29 is 19.0 Å². The lowest BCUT2D eigenvalue weighted by Gasteiger charge is -2.36. The monoisotopic (exact) mass is 607 g/mol. The molecule has 6 rings (SSSR count). The van der Waals surface area contributed by atoms with Gasteiger partial charge in [-0.15, -0.1) is 0 Å². The van der Waals surface area contributed by atoms with Crippen molar-refractivity contribution in [3.63, 3.8) is 0 Å². The van der Waals surface area contributed by atoms with Gasteiger partial charge in [0.1, 0.15) is 23.6 Å². The van der Waals surface area contributed by atoms with Gasteiger partial charge in [0, 0.05) is 48.3 Å². The molecule has 13 nitrogen and oxygen atoms in total. The number of nitrogens with one attached hydrogen (secondary N) is 2. The number of carbonyl (C=O) groups excluding carboxylic acids is 1. The molecular formula is C32H33N9O4. The maximum Gasteiger partial charge on any atom is 0.323 e. The molecule has 0 bridgehead atoms. The summed E-state index contributed by atoms with van der Waals surface area (Å²) in [6, 6.07) is 15.8. The van der Waals surface area contributed by atoms with Crippen molar-refractivity contribution in [3.05, 3.63) is 78.4 Å². The fourth-order valence-corrected chi connectivity index (χ4v) is 5.29. The van der Waals surface area contributed by atoms with Gasteiger partial charge in [-0.2, -0.15) is 10.2 Å². The molecular weight excluding hydrogens is 574 g/mol. The Morgan fingerprint density at radius 2 is 1.73 bits per heavy atom. The van der Waals surface area contributed by atoms with Crippen LogP contribution in [-0.2, 0) is 11.3 Å². The van der Waals surface area contributed by atoms with E-state index in [1.165, 1.54) is 13.3 Å². The molecule has 0 spiro atoms. The first-order valence-electron chi connectivity index (χ1n) is 14.8. The Hall–Kier alpha value is -5.35. The number of anilines is 2. The second-order valence-electron chi connectivity index (χ2n) is 10.8. The Kier molecular flexibility index (Phi) is 9.22. The summed E-state index contributed by atoms with van der Waals surface area (Å²) in [5, 5.41) is 15.9. The van der Waals surface area contributed by atoms with E-state index in [4.69, 9.17) is 19.2 Å². The summed E-state index contributed by atoms with van der Waals surface area (Å²) >= 11 is 0. The van der Waals surface area contributed by atoms with Crippen molar-refractivity contribution in [1.29, 1.82) is 5.26 Å². The zero-order valence-corrected chi connectivity index (χ0v) is 24.8. The molecule has 2 N–H and O–H groups in total. The highest BCUT2D eigenvalue weighted by Crippen LogP contribution is 2.30. The Bertz CT molecular complexity index is 1620.